The lowest BCUT2D eigenvalue weighted by molar-refractivity contribution is -0.138. The van der Waals surface area contributed by atoms with Gasteiger partial charge in [-0.15, -0.1) is 23.5 Å². The van der Waals surface area contributed by atoms with E-state index in [0.29, 0.717) is 23.2 Å². The van der Waals surface area contributed by atoms with Gasteiger partial charge in [0.05, 0.1) is 23.1 Å². The highest BCUT2D eigenvalue weighted by Crippen LogP contribution is 2.45. The summed E-state index contributed by atoms with van der Waals surface area (Å²) >= 11 is 3.85. The van der Waals surface area contributed by atoms with E-state index in [9.17, 15) is 9.59 Å². The number of benzene rings is 1. The van der Waals surface area contributed by atoms with Gasteiger partial charge in [0.1, 0.15) is 0 Å². The zero-order chi connectivity index (χ0) is 16.3. The predicted molar refractivity (Wildman–Crippen MR) is 92.0 cm³/mol. The number of thioether (sulfide) groups is 2. The summed E-state index contributed by atoms with van der Waals surface area (Å²) in [5.41, 5.74) is 0.982. The Kier molecular flexibility index (Phi) is 5.18. The monoisotopic (exact) mass is 353 g/mol. The number of ether oxygens (including phenoxy) is 1. The average Bonchev–Trinajstić information content (AvgIpc) is 3.19. The van der Waals surface area contributed by atoms with Gasteiger partial charge in [-0.25, -0.2) is 0 Å². The molecule has 1 aromatic rings. The third-order valence-corrected chi connectivity index (χ3v) is 7.14. The highest BCUT2D eigenvalue weighted by atomic mass is 32.2. The number of nitrogens with one attached hydrogen (secondary N) is 1. The summed E-state index contributed by atoms with van der Waals surface area (Å²) in [7, 11) is 0. The second kappa shape index (κ2) is 7.15. The van der Waals surface area contributed by atoms with Crippen LogP contribution in [0.15, 0.2) is 24.3 Å². The molecule has 0 aromatic heterocycles. The van der Waals surface area contributed by atoms with Crippen LogP contribution in [0.25, 0.3) is 0 Å². The van der Waals surface area contributed by atoms with Crippen LogP contribution >= 0.6 is 23.5 Å². The first-order valence-electron chi connectivity index (χ1n) is 7.53. The number of carbonyl (C=O) groups excluding carboxylic acids is 1. The summed E-state index contributed by atoms with van der Waals surface area (Å²) in [4.78, 5) is 23.5. The quantitative estimate of drug-likeness (QED) is 0.847. The molecule has 2 heterocycles. The molecule has 2 N–H and O–H groups in total. The van der Waals surface area contributed by atoms with Crippen molar-refractivity contribution in [1.29, 1.82) is 0 Å². The molecule has 5 nitrogen and oxygen atoms in total. The maximum absolute atomic E-state index is 12.4. The first kappa shape index (κ1) is 16.7. The van der Waals surface area contributed by atoms with Crippen LogP contribution in [0.2, 0.25) is 0 Å². The van der Waals surface area contributed by atoms with Crippen LogP contribution < -0.4 is 5.32 Å². The lowest BCUT2D eigenvalue weighted by atomic mass is 9.93. The van der Waals surface area contributed by atoms with Crippen molar-refractivity contribution in [3.05, 3.63) is 35.4 Å². The maximum Gasteiger partial charge on any atom is 0.305 e. The fraction of sp³-hybridized carbons (Fsp3) is 0.500. The second-order valence-electron chi connectivity index (χ2n) is 5.80. The molecular formula is C16H19NO4S2. The van der Waals surface area contributed by atoms with Crippen LogP contribution in [0.3, 0.4) is 0 Å². The topological polar surface area (TPSA) is 75.6 Å². The number of amides is 1. The van der Waals surface area contributed by atoms with Crippen LogP contribution in [0, 0.1) is 0 Å². The van der Waals surface area contributed by atoms with E-state index in [-0.39, 0.29) is 18.9 Å². The lowest BCUT2D eigenvalue weighted by Gasteiger charge is -2.27. The number of rotatable bonds is 5. The predicted octanol–water partition coefficient (Wildman–Crippen LogP) is 2.53. The first-order valence-corrected chi connectivity index (χ1v) is 9.63. The maximum atomic E-state index is 12.4. The summed E-state index contributed by atoms with van der Waals surface area (Å²) in [5, 5.41) is 11.9. The van der Waals surface area contributed by atoms with E-state index in [2.05, 4.69) is 5.32 Å². The Labute approximate surface area is 143 Å². The highest BCUT2D eigenvalue weighted by molar-refractivity contribution is 8.19. The van der Waals surface area contributed by atoms with Crippen LogP contribution in [0.1, 0.15) is 33.3 Å². The Hall–Kier alpha value is -1.18. The lowest BCUT2D eigenvalue weighted by Crippen LogP contribution is -2.50. The molecule has 124 valence electrons. The molecule has 7 heteroatoms. The summed E-state index contributed by atoms with van der Waals surface area (Å²) in [6, 6.07) is 7.60. The van der Waals surface area contributed by atoms with Crippen molar-refractivity contribution in [2.24, 2.45) is 0 Å². The molecule has 0 radical (unpaired) electrons. The summed E-state index contributed by atoms with van der Waals surface area (Å²) in [6.07, 6.45) is 0.407. The molecule has 2 saturated heterocycles. The Bertz CT molecular complexity index is 578. The number of hydrogen-bond acceptors (Lipinski definition) is 5. The number of aliphatic carboxylic acids is 1. The summed E-state index contributed by atoms with van der Waals surface area (Å²) < 4.78 is 5.75. The van der Waals surface area contributed by atoms with Crippen LogP contribution in [-0.4, -0.2) is 47.2 Å². The average molecular weight is 353 g/mol. The zero-order valence-electron chi connectivity index (χ0n) is 12.6. The largest absolute Gasteiger partial charge is 0.481 e. The number of carboxylic acids is 1. The molecule has 2 aliphatic heterocycles. The molecular weight excluding hydrogens is 334 g/mol. The Morgan fingerprint density at radius 1 is 1.26 bits per heavy atom. The van der Waals surface area contributed by atoms with E-state index in [1.54, 1.807) is 0 Å². The van der Waals surface area contributed by atoms with Crippen LogP contribution in [0.5, 0.6) is 0 Å². The van der Waals surface area contributed by atoms with Crippen LogP contribution in [0.4, 0.5) is 0 Å². The number of carboxylic acid groups (broad SMARTS) is 1. The fourth-order valence-electron chi connectivity index (χ4n) is 2.83. The van der Waals surface area contributed by atoms with Gasteiger partial charge in [-0.3, -0.25) is 9.59 Å². The molecule has 0 spiro atoms. The highest BCUT2D eigenvalue weighted by Gasteiger charge is 2.38. The smallest absolute Gasteiger partial charge is 0.305 e. The van der Waals surface area contributed by atoms with Crippen molar-refractivity contribution in [3.8, 4) is 0 Å². The molecule has 0 aliphatic carbocycles. The Morgan fingerprint density at radius 2 is 1.96 bits per heavy atom. The summed E-state index contributed by atoms with van der Waals surface area (Å²) in [6.45, 7) is 0.723. The van der Waals surface area contributed by atoms with Crippen molar-refractivity contribution >= 4 is 35.4 Å². The molecule has 23 heavy (non-hydrogen) atoms. The summed E-state index contributed by atoms with van der Waals surface area (Å²) in [5.74, 6) is 1.15. The van der Waals surface area contributed by atoms with Gasteiger partial charge in [-0.2, -0.15) is 0 Å². The molecule has 1 unspecified atom stereocenters. The molecule has 0 saturated carbocycles. The molecule has 0 bridgehead atoms. The third kappa shape index (κ3) is 4.02. The van der Waals surface area contributed by atoms with E-state index >= 15 is 0 Å². The molecule has 1 amide bonds. The number of carbonyl (C=O) groups is 2. The van der Waals surface area contributed by atoms with Gasteiger partial charge >= 0.3 is 5.97 Å². The molecule has 3 rings (SSSR count). The number of hydrogen-bond donors (Lipinski definition) is 2. The van der Waals surface area contributed by atoms with E-state index in [4.69, 9.17) is 9.84 Å². The fourth-order valence-corrected chi connectivity index (χ4v) is 5.69. The Balaban J connectivity index is 1.68. The van der Waals surface area contributed by atoms with Gasteiger partial charge in [0.15, 0.2) is 0 Å². The standard InChI is InChI=1S/C16H19NO4S2/c18-13(19)9-16(5-6-21-10-16)17-14(20)11-1-3-12(4-2-11)15-22-7-8-23-15/h1-4,15H,5-10H2,(H,17,20)(H,18,19). The minimum atomic E-state index is -0.929. The van der Waals surface area contributed by atoms with Gasteiger partial charge < -0.3 is 15.2 Å². The van der Waals surface area contributed by atoms with Crippen molar-refractivity contribution in [3.63, 3.8) is 0 Å². The van der Waals surface area contributed by atoms with E-state index in [0.717, 1.165) is 11.5 Å². The zero-order valence-corrected chi connectivity index (χ0v) is 14.3. The van der Waals surface area contributed by atoms with E-state index < -0.39 is 11.5 Å². The van der Waals surface area contributed by atoms with Gasteiger partial charge in [-0.05, 0) is 24.1 Å². The van der Waals surface area contributed by atoms with Gasteiger partial charge in [0.2, 0.25) is 0 Å². The van der Waals surface area contributed by atoms with Crippen molar-refractivity contribution < 1.29 is 19.4 Å². The minimum absolute atomic E-state index is 0.119. The van der Waals surface area contributed by atoms with Crippen LogP contribution in [-0.2, 0) is 9.53 Å². The van der Waals surface area contributed by atoms with Crippen molar-refractivity contribution in [2.75, 3.05) is 24.7 Å². The molecule has 2 fully saturated rings. The van der Waals surface area contributed by atoms with Gasteiger partial charge in [0.25, 0.3) is 5.91 Å². The normalized spacial score (nSPS) is 24.7. The van der Waals surface area contributed by atoms with Crippen molar-refractivity contribution in [1.82, 2.24) is 5.32 Å². The van der Waals surface area contributed by atoms with Crippen molar-refractivity contribution in [2.45, 2.75) is 23.0 Å². The third-order valence-electron chi connectivity index (χ3n) is 4.04. The van der Waals surface area contributed by atoms with E-state index in [1.165, 1.54) is 5.56 Å². The first-order chi connectivity index (χ1) is 11.1. The Morgan fingerprint density at radius 3 is 2.52 bits per heavy atom. The SMILES string of the molecule is O=C(O)CC1(NC(=O)c2ccc(C3SCCS3)cc2)CCOC1. The molecule has 2 aliphatic rings. The minimum Gasteiger partial charge on any atom is -0.481 e. The van der Waals surface area contributed by atoms with E-state index in [1.807, 2.05) is 47.8 Å². The van der Waals surface area contributed by atoms with Gasteiger partial charge in [-0.1, -0.05) is 12.1 Å². The molecule has 1 aromatic carbocycles. The van der Waals surface area contributed by atoms with Gasteiger partial charge in [0, 0.05) is 23.7 Å². The second-order valence-corrected chi connectivity index (χ2v) is 8.53. The molecule has 1 atom stereocenters.